The predicted octanol–water partition coefficient (Wildman–Crippen LogP) is 4.03. The summed E-state index contributed by atoms with van der Waals surface area (Å²) >= 11 is 0. The molecule has 10 heteroatoms. The molecule has 4 heterocycles. The molecule has 0 unspecified atom stereocenters. The lowest BCUT2D eigenvalue weighted by molar-refractivity contribution is 0.0534. The summed E-state index contributed by atoms with van der Waals surface area (Å²) < 4.78 is 19.0. The summed E-state index contributed by atoms with van der Waals surface area (Å²) in [6.07, 6.45) is 4.49. The van der Waals surface area contributed by atoms with Crippen LogP contribution in [-0.4, -0.2) is 56.5 Å². The molecule has 1 aliphatic heterocycles. The number of nitrogens with zero attached hydrogens (tertiary/aromatic N) is 5. The molecular formula is C27H34N6O4. The van der Waals surface area contributed by atoms with Crippen molar-refractivity contribution in [1.29, 1.82) is 0 Å². The number of H-pyrrole nitrogens is 1. The number of rotatable bonds is 10. The van der Waals surface area contributed by atoms with Crippen LogP contribution in [0.2, 0.25) is 0 Å². The lowest BCUT2D eigenvalue weighted by Crippen LogP contribution is -2.41. The van der Waals surface area contributed by atoms with Crippen LogP contribution in [0.4, 0.5) is 0 Å². The van der Waals surface area contributed by atoms with Gasteiger partial charge in [0.25, 0.3) is 5.56 Å². The number of hydrogen-bond donors (Lipinski definition) is 1. The number of benzene rings is 1. The van der Waals surface area contributed by atoms with Gasteiger partial charge in [-0.3, -0.25) is 9.69 Å². The van der Waals surface area contributed by atoms with E-state index in [0.29, 0.717) is 30.2 Å². The van der Waals surface area contributed by atoms with Crippen molar-refractivity contribution in [2.45, 2.75) is 64.3 Å². The number of fused-ring (bicyclic) bond motifs is 1. The smallest absolute Gasteiger partial charge is 0.253 e. The van der Waals surface area contributed by atoms with Gasteiger partial charge < -0.3 is 18.9 Å². The highest BCUT2D eigenvalue weighted by Crippen LogP contribution is 2.33. The summed E-state index contributed by atoms with van der Waals surface area (Å²) in [5, 5.41) is 13.8. The summed E-state index contributed by atoms with van der Waals surface area (Å²) in [5.41, 5.74) is 0.736. The average molecular weight is 507 g/mol. The summed E-state index contributed by atoms with van der Waals surface area (Å²) in [7, 11) is 1.63. The SMILES string of the molecule is CCC(C)(C)n1nnnc1[C@H](c1cc2cc(OC)ccc2[nH]c1=O)N(Cc1ccco1)C[C@H]1CCCO1. The molecule has 2 atom stereocenters. The lowest BCUT2D eigenvalue weighted by atomic mass is 9.98. The van der Waals surface area contributed by atoms with Crippen LogP contribution in [0.1, 0.15) is 63.2 Å². The molecule has 1 aliphatic rings. The molecule has 0 spiro atoms. The first-order chi connectivity index (χ1) is 17.9. The van der Waals surface area contributed by atoms with Crippen LogP contribution >= 0.6 is 0 Å². The zero-order valence-electron chi connectivity index (χ0n) is 21.8. The molecule has 3 aromatic heterocycles. The first kappa shape index (κ1) is 25.2. The van der Waals surface area contributed by atoms with Gasteiger partial charge in [0.1, 0.15) is 17.6 Å². The van der Waals surface area contributed by atoms with Crippen LogP contribution in [-0.2, 0) is 16.8 Å². The highest BCUT2D eigenvalue weighted by Gasteiger charge is 2.36. The third-order valence-corrected chi connectivity index (χ3v) is 7.32. The average Bonchev–Trinajstić information content (AvgIpc) is 3.68. The minimum Gasteiger partial charge on any atom is -0.497 e. The molecule has 37 heavy (non-hydrogen) atoms. The predicted molar refractivity (Wildman–Crippen MR) is 138 cm³/mol. The molecule has 1 N–H and O–H groups in total. The third kappa shape index (κ3) is 5.17. The van der Waals surface area contributed by atoms with E-state index in [2.05, 4.69) is 46.2 Å². The van der Waals surface area contributed by atoms with Crippen molar-refractivity contribution in [2.24, 2.45) is 0 Å². The fourth-order valence-electron chi connectivity index (χ4n) is 4.89. The number of pyridine rings is 1. The Morgan fingerprint density at radius 3 is 2.86 bits per heavy atom. The van der Waals surface area contributed by atoms with E-state index in [4.69, 9.17) is 13.9 Å². The number of nitrogens with one attached hydrogen (secondary N) is 1. The quantitative estimate of drug-likeness (QED) is 0.343. The van der Waals surface area contributed by atoms with Gasteiger partial charge in [-0.2, -0.15) is 0 Å². The van der Waals surface area contributed by atoms with E-state index in [1.54, 1.807) is 13.4 Å². The Kier molecular flexibility index (Phi) is 7.12. The van der Waals surface area contributed by atoms with Crippen LogP contribution in [0.25, 0.3) is 10.9 Å². The van der Waals surface area contributed by atoms with E-state index < -0.39 is 6.04 Å². The molecule has 4 aromatic rings. The summed E-state index contributed by atoms with van der Waals surface area (Å²) in [5.74, 6) is 2.10. The lowest BCUT2D eigenvalue weighted by Gasteiger charge is -2.34. The molecule has 0 radical (unpaired) electrons. The van der Waals surface area contributed by atoms with E-state index >= 15 is 0 Å². The van der Waals surface area contributed by atoms with Crippen LogP contribution in [0, 0.1) is 0 Å². The topological polar surface area (TPSA) is 111 Å². The second-order valence-corrected chi connectivity index (χ2v) is 10.2. The Labute approximate surface area is 215 Å². The second-order valence-electron chi connectivity index (χ2n) is 10.2. The number of furan rings is 1. The first-order valence-electron chi connectivity index (χ1n) is 12.8. The van der Waals surface area contributed by atoms with Crippen molar-refractivity contribution in [2.75, 3.05) is 20.3 Å². The van der Waals surface area contributed by atoms with Gasteiger partial charge in [-0.25, -0.2) is 4.68 Å². The van der Waals surface area contributed by atoms with Crippen molar-refractivity contribution in [1.82, 2.24) is 30.1 Å². The molecule has 0 bridgehead atoms. The van der Waals surface area contributed by atoms with Crippen LogP contribution in [0.15, 0.2) is 51.9 Å². The fraction of sp³-hybridized carbons (Fsp3) is 0.481. The molecule has 1 fully saturated rings. The van der Waals surface area contributed by atoms with Gasteiger partial charge in [0.05, 0.1) is 31.6 Å². The Hall–Kier alpha value is -3.50. The molecule has 5 rings (SSSR count). The molecule has 10 nitrogen and oxygen atoms in total. The molecule has 1 aromatic carbocycles. The van der Waals surface area contributed by atoms with Gasteiger partial charge in [0, 0.05) is 29.6 Å². The highest BCUT2D eigenvalue weighted by atomic mass is 16.5. The van der Waals surface area contributed by atoms with Crippen molar-refractivity contribution in [3.63, 3.8) is 0 Å². The Morgan fingerprint density at radius 2 is 2.16 bits per heavy atom. The molecular weight excluding hydrogens is 472 g/mol. The minimum absolute atomic E-state index is 0.0422. The number of aromatic amines is 1. The van der Waals surface area contributed by atoms with Gasteiger partial charge in [-0.1, -0.05) is 6.92 Å². The van der Waals surface area contributed by atoms with E-state index in [9.17, 15) is 4.79 Å². The van der Waals surface area contributed by atoms with E-state index in [0.717, 1.165) is 42.5 Å². The molecule has 0 amide bonds. The monoisotopic (exact) mass is 506 g/mol. The summed E-state index contributed by atoms with van der Waals surface area (Å²) in [6.45, 7) is 8.09. The third-order valence-electron chi connectivity index (χ3n) is 7.32. The number of hydrogen-bond acceptors (Lipinski definition) is 8. The summed E-state index contributed by atoms with van der Waals surface area (Å²) in [6, 6.07) is 10.8. The van der Waals surface area contributed by atoms with Crippen LogP contribution < -0.4 is 10.3 Å². The van der Waals surface area contributed by atoms with E-state index in [1.807, 2.05) is 41.1 Å². The maximum Gasteiger partial charge on any atom is 0.253 e. The summed E-state index contributed by atoms with van der Waals surface area (Å²) in [4.78, 5) is 18.9. The largest absolute Gasteiger partial charge is 0.497 e. The fourth-order valence-corrected chi connectivity index (χ4v) is 4.89. The minimum atomic E-state index is -0.547. The molecule has 0 saturated carbocycles. The zero-order chi connectivity index (χ0) is 26.0. The number of tetrazole rings is 1. The number of aromatic nitrogens is 5. The van der Waals surface area contributed by atoms with Crippen LogP contribution in [0.3, 0.4) is 0 Å². The highest BCUT2D eigenvalue weighted by molar-refractivity contribution is 5.80. The molecule has 1 saturated heterocycles. The zero-order valence-corrected chi connectivity index (χ0v) is 21.8. The molecule has 196 valence electrons. The van der Waals surface area contributed by atoms with Gasteiger partial charge in [-0.05, 0) is 79.9 Å². The first-order valence-corrected chi connectivity index (χ1v) is 12.8. The van der Waals surface area contributed by atoms with Crippen molar-refractivity contribution >= 4 is 10.9 Å². The molecule has 0 aliphatic carbocycles. The van der Waals surface area contributed by atoms with Crippen molar-refractivity contribution in [3.8, 4) is 5.75 Å². The maximum atomic E-state index is 13.7. The maximum absolute atomic E-state index is 13.7. The second kappa shape index (κ2) is 10.5. The Balaban J connectivity index is 1.70. The van der Waals surface area contributed by atoms with Gasteiger partial charge in [0.2, 0.25) is 0 Å². The van der Waals surface area contributed by atoms with Gasteiger partial charge in [-0.15, -0.1) is 5.10 Å². The van der Waals surface area contributed by atoms with E-state index in [-0.39, 0.29) is 17.2 Å². The van der Waals surface area contributed by atoms with Crippen molar-refractivity contribution < 1.29 is 13.9 Å². The van der Waals surface area contributed by atoms with E-state index in [1.165, 1.54) is 0 Å². The Bertz CT molecular complexity index is 1390. The normalized spacial score (nSPS) is 17.1. The van der Waals surface area contributed by atoms with Gasteiger partial charge in [0.15, 0.2) is 5.82 Å². The van der Waals surface area contributed by atoms with Crippen molar-refractivity contribution in [3.05, 3.63) is 70.2 Å². The number of ether oxygens (including phenoxy) is 2. The van der Waals surface area contributed by atoms with Crippen LogP contribution in [0.5, 0.6) is 5.75 Å². The van der Waals surface area contributed by atoms with Gasteiger partial charge >= 0.3 is 0 Å². The number of methoxy groups -OCH3 is 1. The Morgan fingerprint density at radius 1 is 1.30 bits per heavy atom. The standard InChI is InChI=1S/C27H34N6O4/c1-5-27(2,3)33-25(29-30-31-33)24(22-15-18-14-19(35-4)10-11-23(18)28-26(22)34)32(16-20-8-6-12-36-20)17-21-9-7-13-37-21/h6,8,10-12,14-15,21,24H,5,7,9,13,16-17H2,1-4H3,(H,28,34)/t21-,24+/m1/s1.